The monoisotopic (exact) mass is 1390 g/mol. The number of carbonyl (C=O) groups is 4. The van der Waals surface area contributed by atoms with Crippen molar-refractivity contribution in [2.75, 3.05) is 39.6 Å². The van der Waals surface area contributed by atoms with Crippen molar-refractivity contribution in [1.82, 2.24) is 0 Å². The Hall–Kier alpha value is -3.76. The van der Waals surface area contributed by atoms with Gasteiger partial charge in [0.25, 0.3) is 0 Å². The van der Waals surface area contributed by atoms with E-state index in [0.29, 0.717) is 25.7 Å². The topological polar surface area (TPSA) is 237 Å². The van der Waals surface area contributed by atoms with Gasteiger partial charge in [0.2, 0.25) is 0 Å². The summed E-state index contributed by atoms with van der Waals surface area (Å²) in [6, 6.07) is 0. The van der Waals surface area contributed by atoms with Gasteiger partial charge in [-0.3, -0.25) is 37.3 Å². The van der Waals surface area contributed by atoms with E-state index < -0.39 is 97.5 Å². The molecule has 19 heteroatoms. The maximum Gasteiger partial charge on any atom is 0.472 e. The van der Waals surface area contributed by atoms with E-state index >= 15 is 0 Å². The van der Waals surface area contributed by atoms with Crippen LogP contribution in [0.5, 0.6) is 0 Å². The number of esters is 4. The van der Waals surface area contributed by atoms with Gasteiger partial charge in [-0.05, 0) is 116 Å². The molecule has 0 saturated carbocycles. The summed E-state index contributed by atoms with van der Waals surface area (Å²) >= 11 is 0. The zero-order valence-electron chi connectivity index (χ0n) is 60.5. The lowest BCUT2D eigenvalue weighted by Crippen LogP contribution is -2.30. The Morgan fingerprint density at radius 2 is 0.552 bits per heavy atom. The summed E-state index contributed by atoms with van der Waals surface area (Å²) in [6.45, 7) is 4.66. The first kappa shape index (κ1) is 92.2. The molecule has 0 amide bonds. The lowest BCUT2D eigenvalue weighted by Gasteiger charge is -2.21. The molecule has 5 atom stereocenters. The van der Waals surface area contributed by atoms with Crippen LogP contribution in [-0.2, 0) is 65.4 Å². The van der Waals surface area contributed by atoms with Crippen molar-refractivity contribution in [1.29, 1.82) is 0 Å². The van der Waals surface area contributed by atoms with Gasteiger partial charge in [-0.15, -0.1) is 0 Å². The lowest BCUT2D eigenvalue weighted by atomic mass is 10.1. The van der Waals surface area contributed by atoms with E-state index in [0.717, 1.165) is 173 Å². The molecule has 0 aliphatic carbocycles. The molecule has 0 aromatic rings. The predicted octanol–water partition coefficient (Wildman–Crippen LogP) is 21.4. The fourth-order valence-corrected chi connectivity index (χ4v) is 11.6. The van der Waals surface area contributed by atoms with Crippen LogP contribution in [0.3, 0.4) is 0 Å². The fraction of sp³-hybridized carbons (Fsp3) is 0.766. The molecule has 0 bridgehead atoms. The molecule has 96 heavy (non-hydrogen) atoms. The van der Waals surface area contributed by atoms with Gasteiger partial charge in [0, 0.05) is 25.7 Å². The second-order valence-corrected chi connectivity index (χ2v) is 28.1. The van der Waals surface area contributed by atoms with E-state index in [1.165, 1.54) is 70.6 Å². The highest BCUT2D eigenvalue weighted by Crippen LogP contribution is 2.45. The number of aliphatic hydroxyl groups excluding tert-OH is 1. The van der Waals surface area contributed by atoms with Crippen molar-refractivity contribution in [2.45, 2.75) is 341 Å². The highest BCUT2D eigenvalue weighted by molar-refractivity contribution is 7.47. The Bertz CT molecular complexity index is 2160. The first-order valence-corrected chi connectivity index (χ1v) is 40.8. The molecule has 0 aliphatic rings. The number of aliphatic hydroxyl groups is 1. The average Bonchev–Trinajstić information content (AvgIpc) is 1.56. The van der Waals surface area contributed by atoms with Crippen LogP contribution in [0.4, 0.5) is 0 Å². The smallest absolute Gasteiger partial charge is 0.462 e. The van der Waals surface area contributed by atoms with E-state index in [-0.39, 0.29) is 25.7 Å². The van der Waals surface area contributed by atoms with Crippen LogP contribution in [0.15, 0.2) is 85.1 Å². The van der Waals surface area contributed by atoms with Crippen molar-refractivity contribution < 1.29 is 80.2 Å². The SMILES string of the molecule is CC/C=C\C/C=C\C/C=C\CCCCCCCC(=O)OCC(COP(=O)(O)OCC(O)COP(=O)(O)OCC(COC(=O)CCCCCCCC/C=C\C/C=C\C/C=C\CCCCC)OC(=O)CCCCCCC/C=C\CCCC)OC(=O)CCCCCCCCCCCCC. The molecule has 0 aromatic carbocycles. The third kappa shape index (κ3) is 68.8. The van der Waals surface area contributed by atoms with Gasteiger partial charge >= 0.3 is 39.5 Å². The highest BCUT2D eigenvalue weighted by Gasteiger charge is 2.30. The summed E-state index contributed by atoms with van der Waals surface area (Å²) in [5.74, 6) is -2.20. The minimum absolute atomic E-state index is 0.0826. The Morgan fingerprint density at radius 1 is 0.302 bits per heavy atom. The van der Waals surface area contributed by atoms with Crippen LogP contribution >= 0.6 is 15.6 Å². The van der Waals surface area contributed by atoms with Crippen molar-refractivity contribution in [2.24, 2.45) is 0 Å². The van der Waals surface area contributed by atoms with Gasteiger partial charge in [0.15, 0.2) is 12.2 Å². The summed E-state index contributed by atoms with van der Waals surface area (Å²) in [7, 11) is -9.94. The normalized spacial score (nSPS) is 14.4. The maximum absolute atomic E-state index is 13.0. The first-order valence-electron chi connectivity index (χ1n) is 37.8. The number of hydrogen-bond donors (Lipinski definition) is 3. The molecule has 0 saturated heterocycles. The zero-order valence-corrected chi connectivity index (χ0v) is 62.3. The second kappa shape index (κ2) is 69.7. The van der Waals surface area contributed by atoms with Crippen molar-refractivity contribution >= 4 is 39.5 Å². The lowest BCUT2D eigenvalue weighted by molar-refractivity contribution is -0.161. The molecule has 0 rings (SSSR count). The number of hydrogen-bond acceptors (Lipinski definition) is 15. The van der Waals surface area contributed by atoms with E-state index in [1.54, 1.807) is 0 Å². The van der Waals surface area contributed by atoms with Crippen molar-refractivity contribution in [3.8, 4) is 0 Å². The van der Waals surface area contributed by atoms with Gasteiger partial charge in [-0.25, -0.2) is 9.13 Å². The second-order valence-electron chi connectivity index (χ2n) is 25.2. The van der Waals surface area contributed by atoms with E-state index in [2.05, 4.69) is 113 Å². The zero-order chi connectivity index (χ0) is 70.4. The number of carbonyl (C=O) groups excluding carboxylic acids is 4. The van der Waals surface area contributed by atoms with Gasteiger partial charge in [-0.1, -0.05) is 267 Å². The largest absolute Gasteiger partial charge is 0.472 e. The molecule has 0 radical (unpaired) electrons. The molecule has 0 aromatic heterocycles. The van der Waals surface area contributed by atoms with Crippen LogP contribution in [-0.4, -0.2) is 96.7 Å². The van der Waals surface area contributed by atoms with Crippen LogP contribution in [0.1, 0.15) is 323 Å². The van der Waals surface area contributed by atoms with Gasteiger partial charge in [0.05, 0.1) is 26.4 Å². The van der Waals surface area contributed by atoms with Crippen LogP contribution in [0, 0.1) is 0 Å². The Labute approximate surface area is 583 Å². The number of unbranched alkanes of at least 4 members (excludes halogenated alkanes) is 31. The van der Waals surface area contributed by atoms with Crippen molar-refractivity contribution in [3.63, 3.8) is 0 Å². The first-order chi connectivity index (χ1) is 46.7. The summed E-state index contributed by atoms with van der Waals surface area (Å²) in [6.07, 6.45) is 70.1. The Morgan fingerprint density at radius 3 is 0.896 bits per heavy atom. The number of ether oxygens (including phenoxy) is 4. The molecule has 556 valence electrons. The summed E-state index contributed by atoms with van der Waals surface area (Å²) < 4.78 is 68.3. The number of phosphoric acid groups is 2. The standard InChI is InChI=1S/C77H136O17P2/c1-5-9-13-17-21-25-29-31-33-34-35-36-38-40-44-46-50-54-58-62-75(80)88-68-73(94-77(82)64-60-56-52-48-42-28-24-20-16-12-8-4)70-92-96(85,86)90-66-71(78)65-89-95(83,84)91-69-72(93-76(81)63-59-55-51-47-41-27-23-19-15-11-7-3)67-87-74(79)61-57-53-49-45-43-39-37-32-30-26-22-18-14-10-6-2/h10,14,20-22,24-26,31-33,35-37,71-73,78H,5-9,11-13,15-19,23,27-30,34,38-70H2,1-4H3,(H,83,84)(H,85,86)/b14-10-,24-20-,25-21-,26-22-,33-31-,36-35-,37-32-. The predicted molar refractivity (Wildman–Crippen MR) is 390 cm³/mol. The third-order valence-corrected chi connectivity index (χ3v) is 17.7. The molecule has 5 unspecified atom stereocenters. The molecule has 0 heterocycles. The molecule has 0 aliphatic heterocycles. The Balaban J connectivity index is 5.28. The summed E-state index contributed by atoms with van der Waals surface area (Å²) in [4.78, 5) is 72.7. The minimum atomic E-state index is -4.97. The van der Waals surface area contributed by atoms with E-state index in [4.69, 9.17) is 37.0 Å². The van der Waals surface area contributed by atoms with Crippen LogP contribution in [0.2, 0.25) is 0 Å². The minimum Gasteiger partial charge on any atom is -0.462 e. The number of allylic oxidation sites excluding steroid dienone is 14. The molecule has 17 nitrogen and oxygen atoms in total. The molecular weight excluding hydrogens is 1260 g/mol. The number of rotatable bonds is 71. The fourth-order valence-electron chi connectivity index (χ4n) is 10.0. The molecular formula is C77H136O17P2. The molecule has 0 spiro atoms. The summed E-state index contributed by atoms with van der Waals surface area (Å²) in [5, 5.41) is 10.6. The van der Waals surface area contributed by atoms with E-state index in [1.807, 2.05) is 0 Å². The van der Waals surface area contributed by atoms with Crippen LogP contribution in [0.25, 0.3) is 0 Å². The quantitative estimate of drug-likeness (QED) is 0.0169. The highest BCUT2D eigenvalue weighted by atomic mass is 31.2. The van der Waals surface area contributed by atoms with Crippen molar-refractivity contribution in [3.05, 3.63) is 85.1 Å². The van der Waals surface area contributed by atoms with Gasteiger partial charge in [-0.2, -0.15) is 0 Å². The average molecular weight is 1400 g/mol. The van der Waals surface area contributed by atoms with Gasteiger partial charge < -0.3 is 33.8 Å². The number of phosphoric ester groups is 2. The Kier molecular flexibility index (Phi) is 67.0. The summed E-state index contributed by atoms with van der Waals surface area (Å²) in [5.41, 5.74) is 0. The van der Waals surface area contributed by atoms with E-state index in [9.17, 15) is 43.2 Å². The molecule has 0 fully saturated rings. The van der Waals surface area contributed by atoms with Gasteiger partial charge in [0.1, 0.15) is 19.3 Å². The maximum atomic E-state index is 13.0. The third-order valence-electron chi connectivity index (χ3n) is 15.8. The van der Waals surface area contributed by atoms with Crippen LogP contribution < -0.4 is 0 Å². The molecule has 3 N–H and O–H groups in total.